The van der Waals surface area contributed by atoms with Gasteiger partial charge in [0.25, 0.3) is 11.5 Å². The van der Waals surface area contributed by atoms with Gasteiger partial charge in [-0.25, -0.2) is 0 Å². The molecular weight excluding hydrogens is 895 g/mol. The number of benzene rings is 6. The number of ether oxygens (including phenoxy) is 2. The van der Waals surface area contributed by atoms with Crippen LogP contribution in [0.2, 0.25) is 0 Å². The average molecular weight is 933 g/mol. The molecule has 10 rings (SSSR count). The van der Waals surface area contributed by atoms with Crippen molar-refractivity contribution >= 4 is 83.3 Å². The third kappa shape index (κ3) is 7.45. The van der Waals surface area contributed by atoms with Crippen molar-refractivity contribution in [1.82, 2.24) is 9.13 Å². The average Bonchev–Trinajstić information content (AvgIpc) is 4.02. The van der Waals surface area contributed by atoms with Crippen LogP contribution < -0.4 is 0 Å². The summed E-state index contributed by atoms with van der Waals surface area (Å²) in [6.45, 7) is 1.29. The molecule has 0 aliphatic rings. The summed E-state index contributed by atoms with van der Waals surface area (Å²) in [5.74, 6) is 2.26. The van der Waals surface area contributed by atoms with Gasteiger partial charge in [0.05, 0.1) is 33.2 Å². The standard InChI is InChI=1S/C48H36N2O4S2.2ClH.Zr/c51-45-37(29-55-47(45)49-39-21-7-1-15-31(39)32-16-2-8-22-40(32)49)35-19-5-11-25-43(35)53-27-13-14-28-54-44-26-12-6-20-36(44)38-30-56-48(46(38)52)50-41-23-9-3-17-33(41)34-18-4-10-24-42(34)50;;;/h1-12,15-26,29-30,51-52H,13-14,27-28H2;2*1H;/q;;;+2. The van der Waals surface area contributed by atoms with Crippen molar-refractivity contribution < 1.29 is 40.5 Å². The first-order chi connectivity index (χ1) is 29.1. The molecule has 4 heterocycles. The Labute approximate surface area is 367 Å². The summed E-state index contributed by atoms with van der Waals surface area (Å²) in [4.78, 5) is 0. The van der Waals surface area contributed by atoms with Crippen LogP contribution in [0.15, 0.2) is 156 Å². The summed E-state index contributed by atoms with van der Waals surface area (Å²) in [5, 5.41) is 33.8. The zero-order valence-corrected chi connectivity index (χ0v) is 37.2. The number of aromatic nitrogens is 2. The Balaban J connectivity index is 0.00000145. The van der Waals surface area contributed by atoms with E-state index in [4.69, 9.17) is 26.5 Å². The van der Waals surface area contributed by atoms with Gasteiger partial charge in [0.15, 0.2) is 24.7 Å². The van der Waals surface area contributed by atoms with E-state index < -0.39 is 20.8 Å². The molecule has 0 radical (unpaired) electrons. The van der Waals surface area contributed by atoms with E-state index in [2.05, 4.69) is 81.9 Å². The fourth-order valence-electron chi connectivity index (χ4n) is 7.97. The van der Waals surface area contributed by atoms with Gasteiger partial charge < -0.3 is 19.7 Å². The number of fused-ring (bicyclic) bond motifs is 6. The van der Waals surface area contributed by atoms with Gasteiger partial charge in [0.2, 0.25) is 0 Å². The zero-order chi connectivity index (χ0) is 40.3. The number of hydrogen-bond acceptors (Lipinski definition) is 4. The molecule has 0 unspecified atom stereocenters. The number of halogens is 2. The van der Waals surface area contributed by atoms with E-state index in [0.717, 1.165) is 100 Å². The van der Waals surface area contributed by atoms with Crippen molar-refractivity contribution in [1.29, 1.82) is 0 Å². The van der Waals surface area contributed by atoms with Gasteiger partial charge in [-0.3, -0.25) is 9.13 Å². The van der Waals surface area contributed by atoms with E-state index >= 15 is 0 Å². The Hall–Kier alpha value is -5.02. The van der Waals surface area contributed by atoms with Crippen LogP contribution in [0.25, 0.3) is 75.9 Å². The number of rotatable bonds is 11. The Bertz CT molecular complexity index is 2770. The molecule has 0 spiro atoms. The predicted octanol–water partition coefficient (Wildman–Crippen LogP) is 14.1. The number of thiophene rings is 2. The molecule has 4 aromatic heterocycles. The maximum absolute atomic E-state index is 11.7. The van der Waals surface area contributed by atoms with Gasteiger partial charge in [0.1, 0.15) is 10.0 Å². The minimum atomic E-state index is -0.826. The number of aliphatic hydroxyl groups is 2. The summed E-state index contributed by atoms with van der Waals surface area (Å²) in [5.41, 5.74) is 7.69. The van der Waals surface area contributed by atoms with Crippen molar-refractivity contribution in [3.8, 4) is 55.3 Å². The third-order valence-corrected chi connectivity index (χ3v) is 12.5. The molecule has 0 saturated heterocycles. The molecule has 0 atom stereocenters. The van der Waals surface area contributed by atoms with Crippen molar-refractivity contribution in [2.45, 2.75) is 12.8 Å². The molecule has 0 fully saturated rings. The molecule has 0 amide bonds. The third-order valence-electron chi connectivity index (χ3n) is 10.6. The van der Waals surface area contributed by atoms with Crippen LogP contribution in [0.5, 0.6) is 23.0 Å². The molecule has 59 heavy (non-hydrogen) atoms. The van der Waals surface area contributed by atoms with Crippen molar-refractivity contribution in [2.75, 3.05) is 13.2 Å². The van der Waals surface area contributed by atoms with Crippen LogP contribution in [-0.2, 0) is 20.8 Å². The van der Waals surface area contributed by atoms with Gasteiger partial charge in [0, 0.05) is 68.4 Å². The Morgan fingerprint density at radius 1 is 0.441 bits per heavy atom. The first-order valence-electron chi connectivity index (χ1n) is 19.2. The van der Waals surface area contributed by atoms with E-state index in [0.29, 0.717) is 13.2 Å². The quantitative estimate of drug-likeness (QED) is 0.100. The molecule has 6 nitrogen and oxygen atoms in total. The second kappa shape index (κ2) is 17.7. The minimum absolute atomic E-state index is 0.264. The molecule has 0 aliphatic heterocycles. The monoisotopic (exact) mass is 930 g/mol. The zero-order valence-electron chi connectivity index (χ0n) is 31.6. The van der Waals surface area contributed by atoms with E-state index in [1.807, 2.05) is 83.6 Å². The van der Waals surface area contributed by atoms with Crippen LogP contribution in [0.1, 0.15) is 12.8 Å². The van der Waals surface area contributed by atoms with Crippen LogP contribution in [0.4, 0.5) is 0 Å². The van der Waals surface area contributed by atoms with Gasteiger partial charge in [-0.05, 0) is 36.4 Å². The summed E-state index contributed by atoms with van der Waals surface area (Å²) >= 11 is 2.26. The Morgan fingerprint density at radius 2 is 0.746 bits per heavy atom. The van der Waals surface area contributed by atoms with Crippen LogP contribution in [0, 0.1) is 0 Å². The van der Waals surface area contributed by atoms with Crippen molar-refractivity contribution in [3.05, 3.63) is 156 Å². The molecule has 11 heteroatoms. The summed E-state index contributed by atoms with van der Waals surface area (Å²) in [6, 6.07) is 49.5. The van der Waals surface area contributed by atoms with E-state index in [-0.39, 0.29) is 11.5 Å². The molecular formula is C48H38Cl2N2O4S2Zr+2. The number of aromatic hydroxyl groups is 4. The summed E-state index contributed by atoms with van der Waals surface area (Å²) in [7, 11) is 9.87. The normalized spacial score (nSPS) is 11.3. The van der Waals surface area contributed by atoms with E-state index in [9.17, 15) is 10.2 Å². The fraction of sp³-hybridized carbons (Fsp3) is 0.0833. The Morgan fingerprint density at radius 3 is 1.10 bits per heavy atom. The molecule has 0 bridgehead atoms. The summed E-state index contributed by atoms with van der Waals surface area (Å²) < 4.78 is 14.3. The number of unbranched alkanes of at least 4 members (excludes halogenated alkanes) is 1. The van der Waals surface area contributed by atoms with Gasteiger partial charge >= 0.3 is 37.9 Å². The van der Waals surface area contributed by atoms with Gasteiger partial charge in [-0.15, -0.1) is 22.7 Å². The first-order valence-corrected chi connectivity index (χ1v) is 27.3. The van der Waals surface area contributed by atoms with E-state index in [1.165, 1.54) is 0 Å². The Kier molecular flexibility index (Phi) is 11.8. The SMILES string of the molecule is Oc1c(-c2ccccc2[OH+]CCCC[OH+]c2ccccc2-c2csc(-n3c4ccccc4c4ccccc43)c2O)csc1-n1c2ccccc2c2ccccc21.[Cl][Zr][Cl]. The number of nitrogens with zero attached hydrogens (tertiary/aromatic N) is 2. The molecule has 292 valence electrons. The second-order valence-corrected chi connectivity index (χ2v) is 19.4. The van der Waals surface area contributed by atoms with Gasteiger partial charge in [-0.1, -0.05) is 97.1 Å². The predicted molar refractivity (Wildman–Crippen MR) is 246 cm³/mol. The van der Waals surface area contributed by atoms with Crippen LogP contribution in [-0.4, -0.2) is 42.0 Å². The maximum atomic E-state index is 11.7. The molecule has 4 N–H and O–H groups in total. The van der Waals surface area contributed by atoms with E-state index in [1.54, 1.807) is 22.7 Å². The number of para-hydroxylation sites is 6. The second-order valence-electron chi connectivity index (χ2n) is 13.9. The molecule has 0 aliphatic carbocycles. The van der Waals surface area contributed by atoms with Crippen molar-refractivity contribution in [2.24, 2.45) is 0 Å². The van der Waals surface area contributed by atoms with Crippen LogP contribution in [0.3, 0.4) is 0 Å². The van der Waals surface area contributed by atoms with Gasteiger partial charge in [-0.2, -0.15) is 0 Å². The van der Waals surface area contributed by atoms with Crippen molar-refractivity contribution in [3.63, 3.8) is 0 Å². The molecule has 6 aromatic carbocycles. The molecule has 0 saturated carbocycles. The fourth-order valence-corrected chi connectivity index (χ4v) is 9.95. The van der Waals surface area contributed by atoms with Crippen LogP contribution >= 0.6 is 39.7 Å². The first kappa shape index (κ1) is 39.4. The topological polar surface area (TPSA) is 75.9 Å². The number of hydrogen-bond donors (Lipinski definition) is 2. The molecule has 10 aromatic rings. The summed E-state index contributed by atoms with van der Waals surface area (Å²) in [6.07, 6.45) is 1.73.